The summed E-state index contributed by atoms with van der Waals surface area (Å²) in [6.07, 6.45) is 3.45. The molecule has 1 aromatic rings. The molecule has 0 saturated heterocycles. The molecule has 0 aliphatic heterocycles. The highest BCUT2D eigenvalue weighted by Crippen LogP contribution is 2.11. The SMILES string of the molecule is CC(C)NC(=O)C(C)n1cc(Br)cn1. The van der Waals surface area contributed by atoms with Crippen LogP contribution >= 0.6 is 15.9 Å². The van der Waals surface area contributed by atoms with E-state index in [-0.39, 0.29) is 18.0 Å². The Hall–Kier alpha value is -0.840. The van der Waals surface area contributed by atoms with Crippen molar-refractivity contribution in [2.45, 2.75) is 32.9 Å². The van der Waals surface area contributed by atoms with Crippen LogP contribution in [0.4, 0.5) is 0 Å². The lowest BCUT2D eigenvalue weighted by Gasteiger charge is -2.14. The van der Waals surface area contributed by atoms with Crippen molar-refractivity contribution in [1.82, 2.24) is 15.1 Å². The van der Waals surface area contributed by atoms with Gasteiger partial charge in [0.1, 0.15) is 6.04 Å². The van der Waals surface area contributed by atoms with Gasteiger partial charge in [-0.2, -0.15) is 5.10 Å². The lowest BCUT2D eigenvalue weighted by Crippen LogP contribution is -2.35. The van der Waals surface area contributed by atoms with Crippen LogP contribution in [0.25, 0.3) is 0 Å². The molecule has 1 amide bonds. The Balaban J connectivity index is 2.65. The van der Waals surface area contributed by atoms with E-state index in [9.17, 15) is 4.79 Å². The summed E-state index contributed by atoms with van der Waals surface area (Å²) in [5.41, 5.74) is 0. The molecule has 0 fully saturated rings. The van der Waals surface area contributed by atoms with Crippen LogP contribution in [0.3, 0.4) is 0 Å². The molecule has 4 nitrogen and oxygen atoms in total. The highest BCUT2D eigenvalue weighted by atomic mass is 79.9. The molecule has 1 rings (SSSR count). The average Bonchev–Trinajstić information content (AvgIpc) is 2.49. The number of rotatable bonds is 3. The Labute approximate surface area is 91.8 Å². The van der Waals surface area contributed by atoms with Crippen molar-refractivity contribution >= 4 is 21.8 Å². The van der Waals surface area contributed by atoms with Crippen LogP contribution in [0.15, 0.2) is 16.9 Å². The topological polar surface area (TPSA) is 46.9 Å². The van der Waals surface area contributed by atoms with Gasteiger partial charge in [-0.05, 0) is 36.7 Å². The molecule has 0 radical (unpaired) electrons. The number of hydrogen-bond donors (Lipinski definition) is 1. The minimum Gasteiger partial charge on any atom is -0.352 e. The second kappa shape index (κ2) is 4.59. The van der Waals surface area contributed by atoms with Crippen LogP contribution in [0.5, 0.6) is 0 Å². The molecule has 1 N–H and O–H groups in total. The van der Waals surface area contributed by atoms with Crippen molar-refractivity contribution in [3.63, 3.8) is 0 Å². The molecule has 78 valence electrons. The van der Waals surface area contributed by atoms with E-state index in [2.05, 4.69) is 26.3 Å². The smallest absolute Gasteiger partial charge is 0.244 e. The molecule has 0 aromatic carbocycles. The molecule has 0 spiro atoms. The third-order valence-electron chi connectivity index (χ3n) is 1.78. The van der Waals surface area contributed by atoms with Crippen molar-refractivity contribution in [3.8, 4) is 0 Å². The van der Waals surface area contributed by atoms with Gasteiger partial charge >= 0.3 is 0 Å². The monoisotopic (exact) mass is 259 g/mol. The Morgan fingerprint density at radius 2 is 2.21 bits per heavy atom. The first-order valence-electron chi connectivity index (χ1n) is 4.50. The third-order valence-corrected chi connectivity index (χ3v) is 2.19. The van der Waals surface area contributed by atoms with Crippen LogP contribution in [0.2, 0.25) is 0 Å². The van der Waals surface area contributed by atoms with Crippen LogP contribution < -0.4 is 5.32 Å². The number of aromatic nitrogens is 2. The fourth-order valence-electron chi connectivity index (χ4n) is 1.05. The number of nitrogens with zero attached hydrogens (tertiary/aromatic N) is 2. The molecule has 1 aromatic heterocycles. The second-order valence-electron chi connectivity index (χ2n) is 3.48. The molecule has 14 heavy (non-hydrogen) atoms. The maximum atomic E-state index is 11.6. The van der Waals surface area contributed by atoms with Crippen LogP contribution in [0, 0.1) is 0 Å². The molecule has 0 bridgehead atoms. The predicted molar refractivity (Wildman–Crippen MR) is 57.9 cm³/mol. The van der Waals surface area contributed by atoms with E-state index in [1.54, 1.807) is 17.1 Å². The first-order valence-corrected chi connectivity index (χ1v) is 5.30. The summed E-state index contributed by atoms with van der Waals surface area (Å²) >= 11 is 3.29. The molecular weight excluding hydrogens is 246 g/mol. The quantitative estimate of drug-likeness (QED) is 0.899. The van der Waals surface area contributed by atoms with Gasteiger partial charge in [0.15, 0.2) is 0 Å². The van der Waals surface area contributed by atoms with Gasteiger partial charge in [0.25, 0.3) is 0 Å². The number of carbonyl (C=O) groups is 1. The van der Waals surface area contributed by atoms with Crippen LogP contribution in [0.1, 0.15) is 26.8 Å². The van der Waals surface area contributed by atoms with E-state index in [0.29, 0.717) is 0 Å². The summed E-state index contributed by atoms with van der Waals surface area (Å²) in [5, 5.41) is 6.89. The van der Waals surface area contributed by atoms with Crippen LogP contribution in [-0.2, 0) is 4.79 Å². The maximum absolute atomic E-state index is 11.6. The predicted octanol–water partition coefficient (Wildman–Crippen LogP) is 1.73. The summed E-state index contributed by atoms with van der Waals surface area (Å²) in [4.78, 5) is 11.6. The maximum Gasteiger partial charge on any atom is 0.244 e. The molecule has 0 saturated carbocycles. The van der Waals surface area contributed by atoms with Gasteiger partial charge in [0.2, 0.25) is 5.91 Å². The van der Waals surface area contributed by atoms with Crippen molar-refractivity contribution in [2.24, 2.45) is 0 Å². The third kappa shape index (κ3) is 2.83. The van der Waals surface area contributed by atoms with Gasteiger partial charge < -0.3 is 5.32 Å². The van der Waals surface area contributed by atoms with E-state index >= 15 is 0 Å². The Bertz CT molecular complexity index is 322. The molecule has 1 heterocycles. The van der Waals surface area contributed by atoms with E-state index in [0.717, 1.165) is 4.47 Å². The van der Waals surface area contributed by atoms with E-state index in [4.69, 9.17) is 0 Å². The first-order chi connectivity index (χ1) is 6.50. The van der Waals surface area contributed by atoms with Gasteiger partial charge in [0, 0.05) is 12.2 Å². The van der Waals surface area contributed by atoms with Gasteiger partial charge in [-0.1, -0.05) is 0 Å². The lowest BCUT2D eigenvalue weighted by molar-refractivity contribution is -0.124. The van der Waals surface area contributed by atoms with E-state index < -0.39 is 0 Å². The van der Waals surface area contributed by atoms with Gasteiger partial charge in [-0.3, -0.25) is 9.48 Å². The Kier molecular flexibility index (Phi) is 3.69. The summed E-state index contributed by atoms with van der Waals surface area (Å²) in [6, 6.07) is -0.118. The Morgan fingerprint density at radius 3 is 2.64 bits per heavy atom. The van der Waals surface area contributed by atoms with Gasteiger partial charge in [-0.15, -0.1) is 0 Å². The van der Waals surface area contributed by atoms with Gasteiger partial charge in [0.05, 0.1) is 10.7 Å². The lowest BCUT2D eigenvalue weighted by atomic mass is 10.3. The largest absolute Gasteiger partial charge is 0.352 e. The first kappa shape index (κ1) is 11.2. The average molecular weight is 260 g/mol. The molecule has 0 aliphatic rings. The molecule has 1 atom stereocenters. The number of hydrogen-bond acceptors (Lipinski definition) is 2. The highest BCUT2D eigenvalue weighted by molar-refractivity contribution is 9.10. The van der Waals surface area contributed by atoms with Crippen LogP contribution in [-0.4, -0.2) is 21.7 Å². The molecule has 1 unspecified atom stereocenters. The summed E-state index contributed by atoms with van der Waals surface area (Å²) in [7, 11) is 0. The van der Waals surface area contributed by atoms with E-state index in [1.807, 2.05) is 20.8 Å². The molecular formula is C9H14BrN3O. The van der Waals surface area contributed by atoms with Gasteiger partial charge in [-0.25, -0.2) is 0 Å². The zero-order valence-corrected chi connectivity index (χ0v) is 10.1. The normalized spacial score (nSPS) is 12.9. The van der Waals surface area contributed by atoms with E-state index in [1.165, 1.54) is 0 Å². The van der Waals surface area contributed by atoms with Crippen molar-refractivity contribution in [1.29, 1.82) is 0 Å². The van der Waals surface area contributed by atoms with Crippen molar-refractivity contribution in [3.05, 3.63) is 16.9 Å². The standard InChI is InChI=1S/C9H14BrN3O/c1-6(2)12-9(14)7(3)13-5-8(10)4-11-13/h4-7H,1-3H3,(H,12,14). The minimum absolute atomic E-state index is 0.0180. The molecule has 0 aliphatic carbocycles. The zero-order chi connectivity index (χ0) is 10.7. The fraction of sp³-hybridized carbons (Fsp3) is 0.556. The summed E-state index contributed by atoms with van der Waals surface area (Å²) < 4.78 is 2.50. The van der Waals surface area contributed by atoms with Crippen molar-refractivity contribution < 1.29 is 4.79 Å². The highest BCUT2D eigenvalue weighted by Gasteiger charge is 2.15. The summed E-state index contributed by atoms with van der Waals surface area (Å²) in [5.74, 6) is -0.0180. The fourth-order valence-corrected chi connectivity index (χ4v) is 1.35. The Morgan fingerprint density at radius 1 is 1.57 bits per heavy atom. The van der Waals surface area contributed by atoms with Crippen molar-refractivity contribution in [2.75, 3.05) is 0 Å². The number of carbonyl (C=O) groups excluding carboxylic acids is 1. The number of nitrogens with one attached hydrogen (secondary N) is 1. The molecule has 5 heteroatoms. The second-order valence-corrected chi connectivity index (χ2v) is 4.39. The number of halogens is 1. The minimum atomic E-state index is -0.274. The summed E-state index contributed by atoms with van der Waals surface area (Å²) in [6.45, 7) is 5.68. The number of amides is 1. The zero-order valence-electron chi connectivity index (χ0n) is 8.49.